The smallest absolute Gasteiger partial charge is 0.335 e. The third-order valence-electron chi connectivity index (χ3n) is 4.83. The molecule has 0 bridgehead atoms. The maximum absolute atomic E-state index is 11.3. The predicted molar refractivity (Wildman–Crippen MR) is 124 cm³/mol. The molecule has 1 aromatic heterocycles. The van der Waals surface area contributed by atoms with Gasteiger partial charge in [-0.05, 0) is 54.6 Å². The molecular formula is C25H20N4O3. The monoisotopic (exact) mass is 424 g/mol. The number of hydrogen-bond donors (Lipinski definition) is 4. The number of para-hydroxylation sites is 1. The number of rotatable bonds is 6. The number of aromatic carboxylic acids is 1. The second-order valence-electron chi connectivity index (χ2n) is 7.06. The Morgan fingerprint density at radius 1 is 0.875 bits per heavy atom. The Balaban J connectivity index is 1.76. The molecule has 0 saturated heterocycles. The van der Waals surface area contributed by atoms with Crippen LogP contribution in [0.5, 0.6) is 11.5 Å². The Bertz CT molecular complexity index is 1300. The molecule has 6 N–H and O–H groups in total. The molecule has 0 aliphatic rings. The van der Waals surface area contributed by atoms with E-state index in [-0.39, 0.29) is 17.1 Å². The van der Waals surface area contributed by atoms with Gasteiger partial charge in [-0.2, -0.15) is 0 Å². The van der Waals surface area contributed by atoms with Crippen LogP contribution in [0, 0.1) is 5.41 Å². The molecule has 7 nitrogen and oxygen atoms in total. The first kappa shape index (κ1) is 20.6. The molecule has 0 fully saturated rings. The van der Waals surface area contributed by atoms with Crippen LogP contribution in [0.2, 0.25) is 0 Å². The minimum atomic E-state index is -1.03. The lowest BCUT2D eigenvalue weighted by Gasteiger charge is -2.14. The van der Waals surface area contributed by atoms with E-state index < -0.39 is 5.97 Å². The summed E-state index contributed by atoms with van der Waals surface area (Å²) in [7, 11) is 0. The Morgan fingerprint density at radius 2 is 1.56 bits per heavy atom. The van der Waals surface area contributed by atoms with Gasteiger partial charge in [-0.15, -0.1) is 0 Å². The van der Waals surface area contributed by atoms with Crippen molar-refractivity contribution in [2.24, 2.45) is 5.73 Å². The second-order valence-corrected chi connectivity index (χ2v) is 7.06. The number of nitrogens with two attached hydrogens (primary N) is 2. The van der Waals surface area contributed by atoms with Crippen molar-refractivity contribution in [1.82, 2.24) is 4.98 Å². The number of hydrogen-bond acceptors (Lipinski definition) is 5. The number of carboxylic acids is 1. The number of anilines is 1. The topological polar surface area (TPSA) is 135 Å². The standard InChI is InChI=1S/C25H20N4O3/c26-20-14-21(16-5-4-6-17(13-16)25(30)31)29-23(22(20)24(27)28)15-9-11-19(12-10-15)32-18-7-2-1-3-8-18/h1-14H,(H2,26,29)(H3,27,28)(H,30,31). The fraction of sp³-hybridized carbons (Fsp3) is 0. The van der Waals surface area contributed by atoms with Crippen LogP contribution in [-0.4, -0.2) is 21.9 Å². The van der Waals surface area contributed by atoms with Gasteiger partial charge in [0.1, 0.15) is 17.3 Å². The quantitative estimate of drug-likeness (QED) is 0.260. The van der Waals surface area contributed by atoms with E-state index in [1.165, 1.54) is 12.1 Å². The molecule has 0 aliphatic carbocycles. The molecule has 32 heavy (non-hydrogen) atoms. The largest absolute Gasteiger partial charge is 0.478 e. The minimum Gasteiger partial charge on any atom is -0.478 e. The first-order valence-corrected chi connectivity index (χ1v) is 9.74. The molecule has 0 aliphatic heterocycles. The minimum absolute atomic E-state index is 0.141. The molecule has 0 atom stereocenters. The summed E-state index contributed by atoms with van der Waals surface area (Å²) in [5, 5.41) is 17.3. The van der Waals surface area contributed by atoms with E-state index in [9.17, 15) is 9.90 Å². The average molecular weight is 424 g/mol. The van der Waals surface area contributed by atoms with Crippen molar-refractivity contribution < 1.29 is 14.6 Å². The van der Waals surface area contributed by atoms with Crippen LogP contribution in [0.25, 0.3) is 22.5 Å². The number of aromatic nitrogens is 1. The summed E-state index contributed by atoms with van der Waals surface area (Å²) in [6.07, 6.45) is 0. The zero-order valence-electron chi connectivity index (χ0n) is 16.9. The van der Waals surface area contributed by atoms with E-state index in [1.807, 2.05) is 42.5 Å². The summed E-state index contributed by atoms with van der Waals surface area (Å²) < 4.78 is 5.83. The lowest BCUT2D eigenvalue weighted by Crippen LogP contribution is -2.16. The van der Waals surface area contributed by atoms with E-state index in [0.29, 0.717) is 39.6 Å². The number of benzene rings is 3. The van der Waals surface area contributed by atoms with Gasteiger partial charge in [-0.25, -0.2) is 9.78 Å². The number of amidine groups is 1. The lowest BCUT2D eigenvalue weighted by molar-refractivity contribution is 0.0697. The normalized spacial score (nSPS) is 10.5. The number of nitrogen functional groups attached to an aromatic ring is 2. The van der Waals surface area contributed by atoms with Gasteiger partial charge >= 0.3 is 5.97 Å². The Labute approximate surface area is 184 Å². The number of ether oxygens (including phenoxy) is 1. The average Bonchev–Trinajstić information content (AvgIpc) is 2.79. The molecule has 7 heteroatoms. The molecule has 0 amide bonds. The number of nitrogens with one attached hydrogen (secondary N) is 1. The van der Waals surface area contributed by atoms with Crippen molar-refractivity contribution in [3.05, 3.63) is 96.1 Å². The van der Waals surface area contributed by atoms with Crippen LogP contribution >= 0.6 is 0 Å². The molecule has 0 unspecified atom stereocenters. The van der Waals surface area contributed by atoms with Crippen LogP contribution in [0.3, 0.4) is 0 Å². The van der Waals surface area contributed by atoms with E-state index in [0.717, 1.165) is 0 Å². The number of carbonyl (C=O) groups is 1. The highest BCUT2D eigenvalue weighted by atomic mass is 16.5. The van der Waals surface area contributed by atoms with Gasteiger partial charge < -0.3 is 21.3 Å². The SMILES string of the molecule is N=C(N)c1c(N)cc(-c2cccc(C(=O)O)c2)nc1-c1ccc(Oc2ccccc2)cc1. The van der Waals surface area contributed by atoms with Gasteiger partial charge in [0.2, 0.25) is 0 Å². The summed E-state index contributed by atoms with van der Waals surface area (Å²) >= 11 is 0. The van der Waals surface area contributed by atoms with Crippen LogP contribution in [-0.2, 0) is 0 Å². The van der Waals surface area contributed by atoms with Crippen molar-refractivity contribution in [1.29, 1.82) is 5.41 Å². The van der Waals surface area contributed by atoms with Crippen LogP contribution in [0.1, 0.15) is 15.9 Å². The predicted octanol–water partition coefficient (Wildman–Crippen LogP) is 4.77. The third kappa shape index (κ3) is 4.27. The van der Waals surface area contributed by atoms with Gasteiger partial charge in [0.15, 0.2) is 0 Å². The molecule has 1 heterocycles. The zero-order valence-corrected chi connectivity index (χ0v) is 16.9. The second kappa shape index (κ2) is 8.61. The van der Waals surface area contributed by atoms with Crippen LogP contribution < -0.4 is 16.2 Å². The zero-order chi connectivity index (χ0) is 22.7. The van der Waals surface area contributed by atoms with Crippen molar-refractivity contribution in [2.45, 2.75) is 0 Å². The molecule has 4 rings (SSSR count). The van der Waals surface area contributed by atoms with Gasteiger partial charge in [-0.3, -0.25) is 5.41 Å². The van der Waals surface area contributed by atoms with Crippen LogP contribution in [0.15, 0.2) is 84.9 Å². The van der Waals surface area contributed by atoms with E-state index in [1.54, 1.807) is 30.3 Å². The number of pyridine rings is 1. The van der Waals surface area contributed by atoms with Gasteiger partial charge in [0, 0.05) is 16.8 Å². The summed E-state index contributed by atoms with van der Waals surface area (Å²) in [4.78, 5) is 16.0. The van der Waals surface area contributed by atoms with Gasteiger partial charge in [-0.1, -0.05) is 30.3 Å². The fourth-order valence-corrected chi connectivity index (χ4v) is 3.32. The Morgan fingerprint density at radius 3 is 2.22 bits per heavy atom. The molecule has 3 aromatic carbocycles. The van der Waals surface area contributed by atoms with Gasteiger partial charge in [0.25, 0.3) is 0 Å². The van der Waals surface area contributed by atoms with Crippen molar-refractivity contribution in [2.75, 3.05) is 5.73 Å². The molecular weight excluding hydrogens is 404 g/mol. The molecule has 158 valence electrons. The van der Waals surface area contributed by atoms with Gasteiger partial charge in [0.05, 0.1) is 22.5 Å². The van der Waals surface area contributed by atoms with Crippen molar-refractivity contribution in [3.63, 3.8) is 0 Å². The Hall–Kier alpha value is -4.65. The molecule has 0 saturated carbocycles. The number of carboxylic acid groups (broad SMARTS) is 1. The summed E-state index contributed by atoms with van der Waals surface area (Å²) in [5.74, 6) is 0.116. The highest BCUT2D eigenvalue weighted by Crippen LogP contribution is 2.32. The first-order valence-electron chi connectivity index (χ1n) is 9.74. The first-order chi connectivity index (χ1) is 15.4. The maximum atomic E-state index is 11.3. The molecule has 4 aromatic rings. The van der Waals surface area contributed by atoms with Crippen LogP contribution in [0.4, 0.5) is 5.69 Å². The highest BCUT2D eigenvalue weighted by molar-refractivity contribution is 6.06. The molecule has 0 radical (unpaired) electrons. The Kier molecular flexibility index (Phi) is 5.55. The summed E-state index contributed by atoms with van der Waals surface area (Å²) in [6.45, 7) is 0. The van der Waals surface area contributed by atoms with E-state index in [2.05, 4.69) is 4.98 Å². The van der Waals surface area contributed by atoms with E-state index in [4.69, 9.17) is 21.6 Å². The summed E-state index contributed by atoms with van der Waals surface area (Å²) in [6, 6.07) is 24.6. The highest BCUT2D eigenvalue weighted by Gasteiger charge is 2.17. The fourth-order valence-electron chi connectivity index (χ4n) is 3.32. The summed E-state index contributed by atoms with van der Waals surface area (Å²) in [5.41, 5.74) is 15.0. The van der Waals surface area contributed by atoms with Crippen molar-refractivity contribution in [3.8, 4) is 34.0 Å². The molecule has 0 spiro atoms. The van der Waals surface area contributed by atoms with E-state index >= 15 is 0 Å². The maximum Gasteiger partial charge on any atom is 0.335 e. The number of nitrogens with zero attached hydrogens (tertiary/aromatic N) is 1. The lowest BCUT2D eigenvalue weighted by atomic mass is 10.00. The van der Waals surface area contributed by atoms with Crippen molar-refractivity contribution >= 4 is 17.5 Å². The third-order valence-corrected chi connectivity index (χ3v) is 4.83.